The van der Waals surface area contributed by atoms with Crippen LogP contribution in [0.25, 0.3) is 22.3 Å². The van der Waals surface area contributed by atoms with Crippen LogP contribution in [0, 0.1) is 0 Å². The maximum atomic E-state index is 11.5. The monoisotopic (exact) mass is 318 g/mol. The van der Waals surface area contributed by atoms with E-state index in [1.807, 2.05) is 0 Å². The molecule has 0 atom stereocenters. The molecular weight excluding hydrogens is 304 g/mol. The highest BCUT2D eigenvalue weighted by Gasteiger charge is 2.12. The van der Waals surface area contributed by atoms with Crippen LogP contribution in [0.4, 0.5) is 0 Å². The van der Waals surface area contributed by atoms with E-state index >= 15 is 0 Å². The molecule has 0 aliphatic rings. The normalized spacial score (nSPS) is 10.3. The van der Waals surface area contributed by atoms with Crippen LogP contribution in [0.3, 0.4) is 0 Å². The third-order valence-corrected chi connectivity index (χ3v) is 3.83. The summed E-state index contributed by atoms with van der Waals surface area (Å²) in [5.74, 6) is 0.255. The third-order valence-electron chi connectivity index (χ3n) is 3.83. The molecule has 0 unspecified atom stereocenters. The van der Waals surface area contributed by atoms with Crippen molar-refractivity contribution < 1.29 is 19.8 Å². The zero-order valence-electron chi connectivity index (χ0n) is 12.6. The van der Waals surface area contributed by atoms with E-state index in [0.29, 0.717) is 22.3 Å². The van der Waals surface area contributed by atoms with Crippen molar-refractivity contribution in [2.45, 2.75) is 0 Å². The van der Waals surface area contributed by atoms with E-state index in [2.05, 4.69) is 0 Å². The van der Waals surface area contributed by atoms with E-state index in [9.17, 15) is 19.8 Å². The Morgan fingerprint density at radius 3 is 1.21 bits per heavy atom. The summed E-state index contributed by atoms with van der Waals surface area (Å²) in [5.41, 5.74) is 3.58. The Morgan fingerprint density at radius 2 is 0.917 bits per heavy atom. The van der Waals surface area contributed by atoms with E-state index in [1.165, 1.54) is 24.3 Å². The number of aldehydes is 2. The summed E-state index contributed by atoms with van der Waals surface area (Å²) in [5, 5.41) is 18.8. The molecule has 118 valence electrons. The van der Waals surface area contributed by atoms with Crippen LogP contribution in [0.1, 0.15) is 20.7 Å². The molecule has 0 aromatic heterocycles. The number of rotatable bonds is 4. The Bertz CT molecular complexity index is 817. The Balaban J connectivity index is 2.19. The minimum Gasteiger partial charge on any atom is -0.508 e. The van der Waals surface area contributed by atoms with Crippen molar-refractivity contribution in [1.82, 2.24) is 0 Å². The van der Waals surface area contributed by atoms with Gasteiger partial charge in [0.2, 0.25) is 0 Å². The van der Waals surface area contributed by atoms with Gasteiger partial charge in [-0.2, -0.15) is 0 Å². The predicted molar refractivity (Wildman–Crippen MR) is 91.4 cm³/mol. The summed E-state index contributed by atoms with van der Waals surface area (Å²) >= 11 is 0. The molecule has 0 spiro atoms. The number of benzene rings is 3. The topological polar surface area (TPSA) is 74.6 Å². The first kappa shape index (κ1) is 15.5. The fourth-order valence-corrected chi connectivity index (χ4v) is 2.61. The van der Waals surface area contributed by atoms with E-state index in [-0.39, 0.29) is 11.5 Å². The van der Waals surface area contributed by atoms with Gasteiger partial charge in [-0.15, -0.1) is 0 Å². The summed E-state index contributed by atoms with van der Waals surface area (Å²) in [6.07, 6.45) is 1.47. The van der Waals surface area contributed by atoms with Crippen molar-refractivity contribution in [2.75, 3.05) is 0 Å². The van der Waals surface area contributed by atoms with Crippen molar-refractivity contribution in [3.8, 4) is 33.8 Å². The summed E-state index contributed by atoms with van der Waals surface area (Å²) in [6.45, 7) is 0. The Kier molecular flexibility index (Phi) is 4.12. The SMILES string of the molecule is O=Cc1cc(-c2ccc(O)cc2)c(C=O)cc1-c1ccc(O)cc1. The van der Waals surface area contributed by atoms with Gasteiger partial charge in [0.15, 0.2) is 12.6 Å². The molecule has 4 heteroatoms. The highest BCUT2D eigenvalue weighted by atomic mass is 16.3. The highest BCUT2D eigenvalue weighted by Crippen LogP contribution is 2.32. The molecule has 24 heavy (non-hydrogen) atoms. The van der Waals surface area contributed by atoms with Crippen LogP contribution in [-0.4, -0.2) is 22.8 Å². The van der Waals surface area contributed by atoms with Gasteiger partial charge in [-0.3, -0.25) is 9.59 Å². The van der Waals surface area contributed by atoms with Crippen molar-refractivity contribution >= 4 is 12.6 Å². The lowest BCUT2D eigenvalue weighted by Crippen LogP contribution is -1.95. The molecule has 4 nitrogen and oxygen atoms in total. The zero-order chi connectivity index (χ0) is 17.1. The maximum absolute atomic E-state index is 11.5. The molecule has 2 N–H and O–H groups in total. The molecule has 0 bridgehead atoms. The Hall–Kier alpha value is -3.40. The van der Waals surface area contributed by atoms with Gasteiger partial charge in [0.1, 0.15) is 11.5 Å². The molecule has 0 fully saturated rings. The number of phenolic OH excluding ortho intramolecular Hbond substituents is 2. The molecule has 0 radical (unpaired) electrons. The van der Waals surface area contributed by atoms with Gasteiger partial charge in [0, 0.05) is 11.1 Å². The van der Waals surface area contributed by atoms with Crippen LogP contribution in [0.5, 0.6) is 11.5 Å². The average molecular weight is 318 g/mol. The fraction of sp³-hybridized carbons (Fsp3) is 0. The number of hydrogen-bond acceptors (Lipinski definition) is 4. The maximum Gasteiger partial charge on any atom is 0.150 e. The lowest BCUT2D eigenvalue weighted by Gasteiger charge is -2.12. The van der Waals surface area contributed by atoms with Crippen molar-refractivity contribution in [3.05, 3.63) is 71.8 Å². The van der Waals surface area contributed by atoms with E-state index in [4.69, 9.17) is 0 Å². The van der Waals surface area contributed by atoms with Gasteiger partial charge in [-0.05, 0) is 58.7 Å². The summed E-state index contributed by atoms with van der Waals surface area (Å²) < 4.78 is 0. The standard InChI is InChI=1S/C20H14O4/c21-11-15-10-20(14-3-7-18(24)8-4-14)16(12-22)9-19(15)13-1-5-17(23)6-2-13/h1-12,23-24H. The van der Waals surface area contributed by atoms with Crippen molar-refractivity contribution in [2.24, 2.45) is 0 Å². The van der Waals surface area contributed by atoms with Gasteiger partial charge in [0.05, 0.1) is 0 Å². The van der Waals surface area contributed by atoms with E-state index in [1.54, 1.807) is 36.4 Å². The molecule has 0 amide bonds. The van der Waals surface area contributed by atoms with Crippen LogP contribution in [0.15, 0.2) is 60.7 Å². The molecule has 3 aromatic rings. The van der Waals surface area contributed by atoms with Crippen LogP contribution >= 0.6 is 0 Å². The molecule has 0 saturated heterocycles. The second kappa shape index (κ2) is 6.38. The van der Waals surface area contributed by atoms with Gasteiger partial charge >= 0.3 is 0 Å². The van der Waals surface area contributed by atoms with Crippen LogP contribution in [-0.2, 0) is 0 Å². The van der Waals surface area contributed by atoms with Crippen molar-refractivity contribution in [3.63, 3.8) is 0 Å². The Morgan fingerprint density at radius 1 is 0.583 bits per heavy atom. The predicted octanol–water partition coefficient (Wildman–Crippen LogP) is 4.06. The molecule has 3 rings (SSSR count). The lowest BCUT2D eigenvalue weighted by molar-refractivity contribution is 0.111. The highest BCUT2D eigenvalue weighted by molar-refractivity contribution is 5.97. The fourth-order valence-electron chi connectivity index (χ4n) is 2.61. The quantitative estimate of drug-likeness (QED) is 0.711. The largest absolute Gasteiger partial charge is 0.508 e. The van der Waals surface area contributed by atoms with Crippen LogP contribution < -0.4 is 0 Å². The van der Waals surface area contributed by atoms with Gasteiger partial charge in [-0.25, -0.2) is 0 Å². The first-order chi connectivity index (χ1) is 11.6. The summed E-state index contributed by atoms with van der Waals surface area (Å²) in [7, 11) is 0. The van der Waals surface area contributed by atoms with Gasteiger partial charge in [0.25, 0.3) is 0 Å². The number of carbonyl (C=O) groups excluding carboxylic acids is 2. The molecule has 0 aliphatic heterocycles. The summed E-state index contributed by atoms with van der Waals surface area (Å²) in [6, 6.07) is 16.2. The second-order valence-electron chi connectivity index (χ2n) is 5.36. The number of phenols is 2. The zero-order valence-corrected chi connectivity index (χ0v) is 12.6. The number of carbonyl (C=O) groups is 2. The molecule has 0 aliphatic carbocycles. The van der Waals surface area contributed by atoms with E-state index in [0.717, 1.165) is 23.7 Å². The Labute approximate surface area is 138 Å². The minimum atomic E-state index is 0.128. The number of aromatic hydroxyl groups is 2. The van der Waals surface area contributed by atoms with Gasteiger partial charge < -0.3 is 10.2 Å². The van der Waals surface area contributed by atoms with Crippen molar-refractivity contribution in [1.29, 1.82) is 0 Å². The average Bonchev–Trinajstić information content (AvgIpc) is 2.62. The van der Waals surface area contributed by atoms with E-state index < -0.39 is 0 Å². The third kappa shape index (κ3) is 2.90. The molecule has 0 heterocycles. The first-order valence-electron chi connectivity index (χ1n) is 7.29. The number of hydrogen-bond donors (Lipinski definition) is 2. The molecule has 0 saturated carbocycles. The smallest absolute Gasteiger partial charge is 0.150 e. The summed E-state index contributed by atoms with van der Waals surface area (Å²) in [4.78, 5) is 23.1. The molecular formula is C20H14O4. The molecule has 3 aromatic carbocycles. The minimum absolute atomic E-state index is 0.128. The lowest BCUT2D eigenvalue weighted by atomic mass is 9.91. The second-order valence-corrected chi connectivity index (χ2v) is 5.36. The first-order valence-corrected chi connectivity index (χ1v) is 7.29. The van der Waals surface area contributed by atoms with Gasteiger partial charge in [-0.1, -0.05) is 24.3 Å². The van der Waals surface area contributed by atoms with Crippen LogP contribution in [0.2, 0.25) is 0 Å².